The van der Waals surface area contributed by atoms with E-state index in [0.717, 1.165) is 73.9 Å². The van der Waals surface area contributed by atoms with Gasteiger partial charge in [-0.2, -0.15) is 0 Å². The molecule has 4 atom stereocenters. The summed E-state index contributed by atoms with van der Waals surface area (Å²) in [7, 11) is 3.44. The first-order valence-corrected chi connectivity index (χ1v) is 14.9. The molecular weight excluding hydrogens is 524 g/mol. The molecule has 0 saturated carbocycles. The molecule has 0 spiro atoms. The summed E-state index contributed by atoms with van der Waals surface area (Å²) < 4.78 is 35.1. The van der Waals surface area contributed by atoms with E-state index in [2.05, 4.69) is 40.5 Å². The number of hydrogen-bond acceptors (Lipinski definition) is 9. The zero-order chi connectivity index (χ0) is 28.9. The predicted molar refractivity (Wildman–Crippen MR) is 159 cm³/mol. The van der Waals surface area contributed by atoms with E-state index in [1.165, 1.54) is 0 Å². The zero-order valence-electron chi connectivity index (χ0n) is 24.9. The number of benzene rings is 2. The molecule has 2 aliphatic heterocycles. The molecule has 2 N–H and O–H groups in total. The number of rotatable bonds is 17. The maximum absolute atomic E-state index is 9.76. The van der Waals surface area contributed by atoms with E-state index in [4.69, 9.17) is 28.4 Å². The van der Waals surface area contributed by atoms with Gasteiger partial charge in [-0.1, -0.05) is 18.2 Å². The number of aliphatic hydroxyl groups is 1. The molecule has 2 aromatic carbocycles. The Labute approximate surface area is 245 Å². The normalized spacial score (nSPS) is 21.3. The maximum atomic E-state index is 9.76. The summed E-state index contributed by atoms with van der Waals surface area (Å²) in [6.45, 7) is 8.77. The second-order valence-corrected chi connectivity index (χ2v) is 10.8. The van der Waals surface area contributed by atoms with E-state index in [1.807, 2.05) is 12.1 Å². The quantitative estimate of drug-likeness (QED) is 0.275. The molecule has 0 aromatic heterocycles. The van der Waals surface area contributed by atoms with Crippen molar-refractivity contribution < 1.29 is 33.5 Å². The number of anilines is 1. The van der Waals surface area contributed by atoms with Crippen molar-refractivity contribution in [1.82, 2.24) is 5.32 Å². The third-order valence-electron chi connectivity index (χ3n) is 7.61. The lowest BCUT2D eigenvalue weighted by Crippen LogP contribution is -2.50. The summed E-state index contributed by atoms with van der Waals surface area (Å²) in [5.41, 5.74) is 3.39. The Bertz CT molecular complexity index is 1020. The Morgan fingerprint density at radius 3 is 2.46 bits per heavy atom. The molecule has 1 saturated heterocycles. The number of fused-ring (bicyclic) bond motifs is 1. The molecule has 0 bridgehead atoms. The molecule has 0 aliphatic carbocycles. The minimum absolute atomic E-state index is 0.0410. The van der Waals surface area contributed by atoms with Crippen molar-refractivity contribution >= 4 is 5.69 Å². The summed E-state index contributed by atoms with van der Waals surface area (Å²) in [6, 6.07) is 14.6. The average molecular weight is 573 g/mol. The molecular formula is C32H48N2O7. The number of nitrogens with zero attached hydrogens (tertiary/aromatic N) is 1. The van der Waals surface area contributed by atoms with Gasteiger partial charge in [0.2, 0.25) is 0 Å². The van der Waals surface area contributed by atoms with Crippen LogP contribution in [-0.4, -0.2) is 96.9 Å². The smallest absolute Gasteiger partial charge is 0.142 e. The van der Waals surface area contributed by atoms with E-state index < -0.39 is 6.10 Å². The molecule has 9 heteroatoms. The summed E-state index contributed by atoms with van der Waals surface area (Å²) >= 11 is 0. The van der Waals surface area contributed by atoms with Gasteiger partial charge in [0.15, 0.2) is 0 Å². The van der Waals surface area contributed by atoms with E-state index >= 15 is 0 Å². The molecule has 0 amide bonds. The lowest BCUT2D eigenvalue weighted by molar-refractivity contribution is -0.0639. The Kier molecular flexibility index (Phi) is 13.0. The topological polar surface area (TPSA) is 90.9 Å². The second kappa shape index (κ2) is 16.9. The minimum Gasteiger partial charge on any atom is -0.494 e. The fourth-order valence-corrected chi connectivity index (χ4v) is 5.43. The van der Waals surface area contributed by atoms with Crippen LogP contribution in [0.3, 0.4) is 0 Å². The first kappa shape index (κ1) is 31.5. The second-order valence-electron chi connectivity index (χ2n) is 10.8. The van der Waals surface area contributed by atoms with Crippen LogP contribution >= 0.6 is 0 Å². The van der Waals surface area contributed by atoms with Crippen molar-refractivity contribution in [3.63, 3.8) is 0 Å². The van der Waals surface area contributed by atoms with E-state index in [-0.39, 0.29) is 18.1 Å². The fourth-order valence-electron chi connectivity index (χ4n) is 5.43. The zero-order valence-corrected chi connectivity index (χ0v) is 24.9. The number of piperidine rings is 1. The highest BCUT2D eigenvalue weighted by molar-refractivity contribution is 5.61. The highest BCUT2D eigenvalue weighted by Gasteiger charge is 2.36. The van der Waals surface area contributed by atoms with Gasteiger partial charge in [-0.25, -0.2) is 0 Å². The first-order chi connectivity index (χ1) is 20.1. The monoisotopic (exact) mass is 572 g/mol. The van der Waals surface area contributed by atoms with Gasteiger partial charge in [0, 0.05) is 66.0 Å². The minimum atomic E-state index is -0.395. The van der Waals surface area contributed by atoms with Crippen LogP contribution in [0.25, 0.3) is 0 Å². The average Bonchev–Trinajstić information content (AvgIpc) is 2.99. The van der Waals surface area contributed by atoms with Gasteiger partial charge in [0.1, 0.15) is 18.1 Å². The van der Waals surface area contributed by atoms with Crippen molar-refractivity contribution in [2.75, 3.05) is 78.3 Å². The molecule has 9 nitrogen and oxygen atoms in total. The number of aliphatic hydroxyl groups excluding tert-OH is 1. The molecule has 2 heterocycles. The van der Waals surface area contributed by atoms with Crippen LogP contribution in [0.5, 0.6) is 11.5 Å². The largest absolute Gasteiger partial charge is 0.494 e. The van der Waals surface area contributed by atoms with Crippen molar-refractivity contribution in [1.29, 1.82) is 0 Å². The summed E-state index contributed by atoms with van der Waals surface area (Å²) in [5, 5.41) is 13.3. The number of methoxy groups -OCH3 is 2. The van der Waals surface area contributed by atoms with Crippen LogP contribution in [0, 0.1) is 0 Å². The summed E-state index contributed by atoms with van der Waals surface area (Å²) in [5.74, 6) is 1.80. The third-order valence-corrected chi connectivity index (χ3v) is 7.61. The lowest BCUT2D eigenvalue weighted by atomic mass is 9.85. The van der Waals surface area contributed by atoms with Crippen LogP contribution in [-0.2, 0) is 25.6 Å². The highest BCUT2D eigenvalue weighted by Crippen LogP contribution is 2.35. The first-order valence-electron chi connectivity index (χ1n) is 14.9. The molecule has 41 heavy (non-hydrogen) atoms. The van der Waals surface area contributed by atoms with Gasteiger partial charge in [-0.15, -0.1) is 0 Å². The van der Waals surface area contributed by atoms with Crippen LogP contribution in [0.4, 0.5) is 5.69 Å². The van der Waals surface area contributed by atoms with E-state index in [1.54, 1.807) is 21.1 Å². The van der Waals surface area contributed by atoms with Crippen molar-refractivity contribution in [3.8, 4) is 11.5 Å². The van der Waals surface area contributed by atoms with Crippen LogP contribution < -0.4 is 19.7 Å². The third kappa shape index (κ3) is 9.56. The highest BCUT2D eigenvalue weighted by atomic mass is 16.5. The van der Waals surface area contributed by atoms with Gasteiger partial charge in [0.05, 0.1) is 43.8 Å². The Morgan fingerprint density at radius 2 is 1.71 bits per heavy atom. The van der Waals surface area contributed by atoms with Crippen LogP contribution in [0.1, 0.15) is 43.2 Å². The van der Waals surface area contributed by atoms with Crippen molar-refractivity contribution in [3.05, 3.63) is 53.6 Å². The Hall–Kier alpha value is -2.40. The van der Waals surface area contributed by atoms with Gasteiger partial charge >= 0.3 is 0 Å². The molecule has 4 rings (SSSR count). The Morgan fingerprint density at radius 1 is 0.951 bits per heavy atom. The predicted octanol–water partition coefficient (Wildman–Crippen LogP) is 3.77. The number of hydrogen-bond donors (Lipinski definition) is 2. The van der Waals surface area contributed by atoms with Crippen LogP contribution in [0.2, 0.25) is 0 Å². The number of ether oxygens (including phenoxy) is 6. The van der Waals surface area contributed by atoms with Crippen molar-refractivity contribution in [2.24, 2.45) is 0 Å². The molecule has 0 unspecified atom stereocenters. The SMILES string of the molecule is COCCCOc1ccc([C@@H]2[C@@H](OCc3ccc4c(c3)N(CCCOC)CCO4)CNC[C@H]2OCC[C@@H](C)O)cc1. The molecule has 0 radical (unpaired) electrons. The summed E-state index contributed by atoms with van der Waals surface area (Å²) in [6.07, 6.45) is 1.86. The molecule has 2 aliphatic rings. The van der Waals surface area contributed by atoms with Gasteiger partial charge in [0.25, 0.3) is 0 Å². The van der Waals surface area contributed by atoms with Gasteiger partial charge in [-0.3, -0.25) is 0 Å². The van der Waals surface area contributed by atoms with Gasteiger partial charge < -0.3 is 43.7 Å². The van der Waals surface area contributed by atoms with Gasteiger partial charge in [-0.05, 0) is 55.2 Å². The number of nitrogens with one attached hydrogen (secondary N) is 1. The maximum Gasteiger partial charge on any atom is 0.142 e. The standard InChI is InChI=1S/C32H48N2O7/c1-24(35)12-18-39-30-21-33-22-31(32(30)26-7-9-27(10-8-26)38-17-5-16-37-3)41-23-25-6-11-29-28(20-25)34(14-19-40-29)13-4-15-36-2/h6-11,20,24,30-33,35H,4-5,12-19,21-23H2,1-3H3/t24-,30-,31+,32+/m1/s1. The van der Waals surface area contributed by atoms with E-state index in [0.29, 0.717) is 39.5 Å². The molecule has 1 fully saturated rings. The Balaban J connectivity index is 1.45. The fraction of sp³-hybridized carbons (Fsp3) is 0.625. The van der Waals surface area contributed by atoms with E-state index in [9.17, 15) is 5.11 Å². The molecule has 2 aromatic rings. The molecule has 228 valence electrons. The van der Waals surface area contributed by atoms with Crippen molar-refractivity contribution in [2.45, 2.75) is 57.0 Å². The summed E-state index contributed by atoms with van der Waals surface area (Å²) in [4.78, 5) is 2.37. The lowest BCUT2D eigenvalue weighted by Gasteiger charge is -2.39. The van der Waals surface area contributed by atoms with Crippen LogP contribution in [0.15, 0.2) is 42.5 Å².